The Morgan fingerprint density at radius 3 is 2.61 bits per heavy atom. The van der Waals surface area contributed by atoms with Crippen LogP contribution in [0.3, 0.4) is 0 Å². The Hall–Kier alpha value is -2.01. The highest BCUT2D eigenvalue weighted by molar-refractivity contribution is 6.27. The maximum atomic E-state index is 11.6. The smallest absolute Gasteiger partial charge is 0.258 e. The van der Waals surface area contributed by atoms with Crippen molar-refractivity contribution in [2.75, 3.05) is 5.88 Å². The van der Waals surface area contributed by atoms with Gasteiger partial charge >= 0.3 is 0 Å². The number of aromatic nitrogens is 1. The van der Waals surface area contributed by atoms with Gasteiger partial charge in [0.15, 0.2) is 0 Å². The number of hydrogen-bond donors (Lipinski definition) is 2. The molecule has 0 unspecified atom stereocenters. The Bertz CT molecular complexity index is 579. The first-order valence-corrected chi connectivity index (χ1v) is 5.91. The second kappa shape index (κ2) is 5.55. The van der Waals surface area contributed by atoms with Crippen LogP contribution >= 0.6 is 11.6 Å². The van der Waals surface area contributed by atoms with Crippen molar-refractivity contribution < 1.29 is 9.59 Å². The van der Waals surface area contributed by atoms with Gasteiger partial charge in [-0.3, -0.25) is 20.4 Å². The van der Waals surface area contributed by atoms with Crippen LogP contribution in [0.4, 0.5) is 0 Å². The van der Waals surface area contributed by atoms with Crippen LogP contribution in [0.25, 0.3) is 10.9 Å². The number of alkyl halides is 1. The van der Waals surface area contributed by atoms with E-state index in [-0.39, 0.29) is 18.3 Å². The van der Waals surface area contributed by atoms with E-state index < -0.39 is 5.91 Å². The highest BCUT2D eigenvalue weighted by Crippen LogP contribution is 2.14. The van der Waals surface area contributed by atoms with E-state index in [2.05, 4.69) is 10.9 Å². The van der Waals surface area contributed by atoms with E-state index in [0.29, 0.717) is 0 Å². The van der Waals surface area contributed by atoms with Gasteiger partial charge in [0.25, 0.3) is 11.8 Å². The lowest BCUT2D eigenvalue weighted by Crippen LogP contribution is -2.43. The van der Waals surface area contributed by atoms with Gasteiger partial charge in [0, 0.05) is 11.7 Å². The summed E-state index contributed by atoms with van der Waals surface area (Å²) in [5.41, 5.74) is 5.47. The van der Waals surface area contributed by atoms with Crippen LogP contribution in [-0.2, 0) is 16.1 Å². The number of amides is 2. The minimum Gasteiger partial charge on any atom is -0.338 e. The summed E-state index contributed by atoms with van der Waals surface area (Å²) in [7, 11) is 0. The second-order valence-electron chi connectivity index (χ2n) is 3.73. The normalized spacial score (nSPS) is 10.3. The van der Waals surface area contributed by atoms with E-state index in [1.165, 1.54) is 0 Å². The molecule has 2 amide bonds. The SMILES string of the molecule is O=C(CCl)NNC(=O)Cn1ccc2ccccc21. The third-order valence-corrected chi connectivity index (χ3v) is 2.70. The van der Waals surface area contributed by atoms with Crippen molar-refractivity contribution in [3.8, 4) is 0 Å². The Labute approximate surface area is 109 Å². The molecule has 0 atom stereocenters. The zero-order chi connectivity index (χ0) is 13.0. The van der Waals surface area contributed by atoms with Gasteiger partial charge in [-0.15, -0.1) is 11.6 Å². The summed E-state index contributed by atoms with van der Waals surface area (Å²) in [6, 6.07) is 9.68. The summed E-state index contributed by atoms with van der Waals surface area (Å²) < 4.78 is 1.80. The number of para-hydroxylation sites is 1. The molecule has 6 heteroatoms. The quantitative estimate of drug-likeness (QED) is 0.643. The molecule has 0 bridgehead atoms. The monoisotopic (exact) mass is 265 g/mol. The molecule has 0 radical (unpaired) electrons. The molecule has 0 aliphatic rings. The molecule has 0 saturated carbocycles. The number of carbonyl (C=O) groups excluding carboxylic acids is 2. The minimum atomic E-state index is -0.442. The fraction of sp³-hybridized carbons (Fsp3) is 0.167. The van der Waals surface area contributed by atoms with Gasteiger partial charge in [-0.2, -0.15) is 0 Å². The number of halogens is 1. The Morgan fingerprint density at radius 1 is 1.11 bits per heavy atom. The number of fused-ring (bicyclic) bond motifs is 1. The first-order chi connectivity index (χ1) is 8.70. The Balaban J connectivity index is 2.01. The predicted octanol–water partition coefficient (Wildman–Crippen LogP) is 1.03. The molecule has 18 heavy (non-hydrogen) atoms. The molecule has 94 valence electrons. The van der Waals surface area contributed by atoms with Gasteiger partial charge in [0.2, 0.25) is 0 Å². The van der Waals surface area contributed by atoms with E-state index >= 15 is 0 Å². The maximum absolute atomic E-state index is 11.6. The lowest BCUT2D eigenvalue weighted by atomic mass is 10.2. The molecule has 0 fully saturated rings. The van der Waals surface area contributed by atoms with E-state index in [4.69, 9.17) is 11.6 Å². The van der Waals surface area contributed by atoms with Crippen LogP contribution in [0.5, 0.6) is 0 Å². The van der Waals surface area contributed by atoms with Gasteiger partial charge < -0.3 is 4.57 Å². The lowest BCUT2D eigenvalue weighted by molar-refractivity contribution is -0.128. The van der Waals surface area contributed by atoms with Crippen LogP contribution in [0, 0.1) is 0 Å². The highest BCUT2D eigenvalue weighted by Gasteiger charge is 2.06. The van der Waals surface area contributed by atoms with Crippen LogP contribution < -0.4 is 10.9 Å². The van der Waals surface area contributed by atoms with Crippen molar-refractivity contribution >= 4 is 34.3 Å². The van der Waals surface area contributed by atoms with Crippen LogP contribution in [0.2, 0.25) is 0 Å². The number of rotatable bonds is 3. The predicted molar refractivity (Wildman–Crippen MR) is 68.9 cm³/mol. The lowest BCUT2D eigenvalue weighted by Gasteiger charge is -2.07. The van der Waals surface area contributed by atoms with Crippen molar-refractivity contribution in [1.29, 1.82) is 0 Å². The van der Waals surface area contributed by atoms with Gasteiger partial charge in [0.05, 0.1) is 0 Å². The molecule has 0 saturated heterocycles. The first kappa shape index (κ1) is 12.4. The molecular formula is C12H12ClN3O2. The van der Waals surface area contributed by atoms with Crippen molar-refractivity contribution in [1.82, 2.24) is 15.4 Å². The molecule has 0 aliphatic heterocycles. The van der Waals surface area contributed by atoms with E-state index in [0.717, 1.165) is 10.9 Å². The molecule has 5 nitrogen and oxygen atoms in total. The maximum Gasteiger partial charge on any atom is 0.258 e. The number of benzene rings is 1. The summed E-state index contributed by atoms with van der Waals surface area (Å²) in [6.07, 6.45) is 1.83. The van der Waals surface area contributed by atoms with E-state index in [9.17, 15) is 9.59 Å². The van der Waals surface area contributed by atoms with E-state index in [1.54, 1.807) is 4.57 Å². The van der Waals surface area contributed by atoms with Gasteiger partial charge in [-0.25, -0.2) is 0 Å². The van der Waals surface area contributed by atoms with Gasteiger partial charge in [0.1, 0.15) is 12.4 Å². The average Bonchev–Trinajstić information content (AvgIpc) is 2.79. The zero-order valence-electron chi connectivity index (χ0n) is 9.52. The number of nitrogens with one attached hydrogen (secondary N) is 2. The number of carbonyl (C=O) groups is 2. The third-order valence-electron chi connectivity index (χ3n) is 2.46. The fourth-order valence-electron chi connectivity index (χ4n) is 1.65. The number of nitrogens with zero attached hydrogens (tertiary/aromatic N) is 1. The summed E-state index contributed by atoms with van der Waals surface area (Å²) >= 11 is 5.29. The minimum absolute atomic E-state index is 0.135. The molecular weight excluding hydrogens is 254 g/mol. The molecule has 0 spiro atoms. The first-order valence-electron chi connectivity index (χ1n) is 5.38. The summed E-state index contributed by atoms with van der Waals surface area (Å²) in [5.74, 6) is -0.940. The Morgan fingerprint density at radius 2 is 1.83 bits per heavy atom. The average molecular weight is 266 g/mol. The molecule has 1 heterocycles. The summed E-state index contributed by atoms with van der Waals surface area (Å²) in [4.78, 5) is 22.5. The van der Waals surface area contributed by atoms with Crippen LogP contribution in [0.15, 0.2) is 36.5 Å². The van der Waals surface area contributed by atoms with E-state index in [1.807, 2.05) is 36.5 Å². The zero-order valence-corrected chi connectivity index (χ0v) is 10.3. The summed E-state index contributed by atoms with van der Waals surface area (Å²) in [6.45, 7) is 0.135. The van der Waals surface area contributed by atoms with Gasteiger partial charge in [-0.05, 0) is 17.5 Å². The summed E-state index contributed by atoms with van der Waals surface area (Å²) in [5, 5.41) is 1.06. The highest BCUT2D eigenvalue weighted by atomic mass is 35.5. The number of hydrazine groups is 1. The molecule has 1 aromatic carbocycles. The van der Waals surface area contributed by atoms with Crippen LogP contribution in [-0.4, -0.2) is 22.3 Å². The molecule has 0 aliphatic carbocycles. The fourth-order valence-corrected chi connectivity index (χ4v) is 1.71. The van der Waals surface area contributed by atoms with Crippen molar-refractivity contribution in [3.63, 3.8) is 0 Å². The molecule has 1 aromatic heterocycles. The number of hydrogen-bond acceptors (Lipinski definition) is 2. The Kier molecular flexibility index (Phi) is 3.84. The standard InChI is InChI=1S/C12H12ClN3O2/c13-7-11(17)14-15-12(18)8-16-6-5-9-3-1-2-4-10(9)16/h1-6H,7-8H2,(H,14,17)(H,15,18). The van der Waals surface area contributed by atoms with Crippen molar-refractivity contribution in [2.45, 2.75) is 6.54 Å². The van der Waals surface area contributed by atoms with Gasteiger partial charge in [-0.1, -0.05) is 18.2 Å². The molecule has 2 N–H and O–H groups in total. The third kappa shape index (κ3) is 2.81. The second-order valence-corrected chi connectivity index (χ2v) is 4.00. The van der Waals surface area contributed by atoms with Crippen LogP contribution in [0.1, 0.15) is 0 Å². The van der Waals surface area contributed by atoms with Crippen molar-refractivity contribution in [3.05, 3.63) is 36.5 Å². The largest absolute Gasteiger partial charge is 0.338 e. The molecule has 2 aromatic rings. The topological polar surface area (TPSA) is 63.1 Å². The van der Waals surface area contributed by atoms with Crippen molar-refractivity contribution in [2.24, 2.45) is 0 Å². The molecule has 2 rings (SSSR count).